The highest BCUT2D eigenvalue weighted by molar-refractivity contribution is 5.72. The van der Waals surface area contributed by atoms with E-state index in [2.05, 4.69) is 19.1 Å². The van der Waals surface area contributed by atoms with Crippen LogP contribution in [0.2, 0.25) is 0 Å². The first-order valence-corrected chi connectivity index (χ1v) is 8.05. The molecule has 1 aliphatic heterocycles. The van der Waals surface area contributed by atoms with Crippen LogP contribution in [0.5, 0.6) is 0 Å². The normalized spacial score (nSPS) is 32.0. The van der Waals surface area contributed by atoms with Crippen molar-refractivity contribution in [2.45, 2.75) is 64.1 Å². The van der Waals surface area contributed by atoms with E-state index in [4.69, 9.17) is 4.74 Å². The van der Waals surface area contributed by atoms with Gasteiger partial charge in [-0.1, -0.05) is 37.3 Å². The molecule has 2 fully saturated rings. The van der Waals surface area contributed by atoms with Crippen LogP contribution in [0, 0.1) is 5.92 Å². The lowest BCUT2D eigenvalue weighted by Gasteiger charge is -2.37. The molecule has 114 valence electrons. The lowest BCUT2D eigenvalue weighted by molar-refractivity contribution is 0.0662. The molecular weight excluding hydrogens is 262 g/mol. The molecule has 0 N–H and O–H groups in total. The molecule has 1 heterocycles. The molecule has 1 aliphatic carbocycles. The first-order valence-electron chi connectivity index (χ1n) is 8.05. The topological polar surface area (TPSA) is 29.5 Å². The van der Waals surface area contributed by atoms with Gasteiger partial charge in [0.1, 0.15) is 5.60 Å². The van der Waals surface area contributed by atoms with Gasteiger partial charge in [0.2, 0.25) is 0 Å². The minimum absolute atomic E-state index is 0.0182. The van der Waals surface area contributed by atoms with Crippen molar-refractivity contribution in [2.75, 3.05) is 0 Å². The lowest BCUT2D eigenvalue weighted by atomic mass is 9.84. The van der Waals surface area contributed by atoms with Crippen molar-refractivity contribution < 1.29 is 9.53 Å². The van der Waals surface area contributed by atoms with Crippen molar-refractivity contribution in [3.05, 3.63) is 35.9 Å². The number of nitrogens with zero attached hydrogens (tertiary/aromatic N) is 1. The number of ether oxygens (including phenoxy) is 1. The minimum atomic E-state index is -0.471. The van der Waals surface area contributed by atoms with Gasteiger partial charge in [-0.05, 0) is 51.0 Å². The zero-order chi connectivity index (χ0) is 15.0. The number of hydrogen-bond donors (Lipinski definition) is 0. The predicted molar refractivity (Wildman–Crippen MR) is 83.0 cm³/mol. The molecule has 1 aromatic rings. The standard InChI is InChI=1S/C18H25NO2/c1-13-9-11-15(12-10-13)19-16(14-7-5-4-6-8-14)18(2,3)21-17(19)20/h4-8,13,15-16H,9-12H2,1-3H3/t13-,15-,16-/m0/s1. The molecule has 1 amide bonds. The van der Waals surface area contributed by atoms with E-state index in [1.165, 1.54) is 18.4 Å². The molecule has 21 heavy (non-hydrogen) atoms. The third-order valence-corrected chi connectivity index (χ3v) is 4.99. The molecule has 2 aliphatic rings. The zero-order valence-electron chi connectivity index (χ0n) is 13.2. The maximum atomic E-state index is 12.5. The number of benzene rings is 1. The zero-order valence-corrected chi connectivity index (χ0v) is 13.2. The lowest BCUT2D eigenvalue weighted by Crippen LogP contribution is -2.42. The Morgan fingerprint density at radius 2 is 1.71 bits per heavy atom. The van der Waals surface area contributed by atoms with E-state index in [1.54, 1.807) is 0 Å². The summed E-state index contributed by atoms with van der Waals surface area (Å²) in [5.74, 6) is 0.781. The van der Waals surface area contributed by atoms with Crippen LogP contribution in [0.15, 0.2) is 30.3 Å². The molecule has 0 spiro atoms. The van der Waals surface area contributed by atoms with E-state index in [0.29, 0.717) is 6.04 Å². The van der Waals surface area contributed by atoms with Crippen LogP contribution in [0.3, 0.4) is 0 Å². The fourth-order valence-electron chi connectivity index (χ4n) is 3.85. The molecule has 1 saturated heterocycles. The second kappa shape index (κ2) is 5.36. The van der Waals surface area contributed by atoms with Crippen LogP contribution >= 0.6 is 0 Å². The molecule has 1 atom stereocenters. The smallest absolute Gasteiger partial charge is 0.411 e. The summed E-state index contributed by atoms with van der Waals surface area (Å²) < 4.78 is 5.70. The highest BCUT2D eigenvalue weighted by atomic mass is 16.6. The van der Waals surface area contributed by atoms with Gasteiger partial charge in [0, 0.05) is 6.04 Å². The summed E-state index contributed by atoms with van der Waals surface area (Å²) in [6, 6.07) is 10.6. The Balaban J connectivity index is 1.91. The number of amides is 1. The van der Waals surface area contributed by atoms with Crippen LogP contribution in [0.1, 0.15) is 58.1 Å². The van der Waals surface area contributed by atoms with Gasteiger partial charge in [0.05, 0.1) is 6.04 Å². The quantitative estimate of drug-likeness (QED) is 0.799. The SMILES string of the molecule is CC1(C)OC(=O)N([C@H]2CC[C@H](C)CC2)[C@H]1c1ccccc1. The van der Waals surface area contributed by atoms with Gasteiger partial charge >= 0.3 is 6.09 Å². The van der Waals surface area contributed by atoms with Gasteiger partial charge < -0.3 is 4.74 Å². The Labute approximate surface area is 127 Å². The maximum absolute atomic E-state index is 12.5. The van der Waals surface area contributed by atoms with Gasteiger partial charge in [-0.2, -0.15) is 0 Å². The average Bonchev–Trinajstić information content (AvgIpc) is 2.70. The van der Waals surface area contributed by atoms with E-state index in [-0.39, 0.29) is 12.1 Å². The van der Waals surface area contributed by atoms with E-state index >= 15 is 0 Å². The fourth-order valence-corrected chi connectivity index (χ4v) is 3.85. The summed E-state index contributed by atoms with van der Waals surface area (Å²) in [7, 11) is 0. The molecular formula is C18H25NO2. The van der Waals surface area contributed by atoms with Gasteiger partial charge in [0.25, 0.3) is 0 Å². The second-order valence-electron chi connectivity index (χ2n) is 7.11. The van der Waals surface area contributed by atoms with Crippen molar-refractivity contribution in [3.63, 3.8) is 0 Å². The van der Waals surface area contributed by atoms with Gasteiger partial charge in [-0.25, -0.2) is 4.79 Å². The van der Waals surface area contributed by atoms with E-state index in [1.807, 2.05) is 36.9 Å². The maximum Gasteiger partial charge on any atom is 0.411 e. The van der Waals surface area contributed by atoms with E-state index < -0.39 is 5.60 Å². The molecule has 3 nitrogen and oxygen atoms in total. The number of carbonyl (C=O) groups is 1. The monoisotopic (exact) mass is 287 g/mol. The summed E-state index contributed by atoms with van der Waals surface area (Å²) in [5.41, 5.74) is 0.702. The molecule has 0 radical (unpaired) electrons. The fraction of sp³-hybridized carbons (Fsp3) is 0.611. The van der Waals surface area contributed by atoms with Crippen molar-refractivity contribution in [2.24, 2.45) is 5.92 Å². The van der Waals surface area contributed by atoms with Crippen LogP contribution in [0.4, 0.5) is 4.79 Å². The van der Waals surface area contributed by atoms with Crippen LogP contribution in [0.25, 0.3) is 0 Å². The molecule has 0 unspecified atom stereocenters. The Bertz CT molecular complexity index is 503. The molecule has 0 bridgehead atoms. The number of cyclic esters (lactones) is 1. The minimum Gasteiger partial charge on any atom is -0.441 e. The second-order valence-corrected chi connectivity index (χ2v) is 7.11. The molecule has 0 aromatic heterocycles. The Morgan fingerprint density at radius 1 is 1.10 bits per heavy atom. The summed E-state index contributed by atoms with van der Waals surface area (Å²) in [6.07, 6.45) is 4.45. The largest absolute Gasteiger partial charge is 0.441 e. The average molecular weight is 287 g/mol. The highest BCUT2D eigenvalue weighted by Crippen LogP contribution is 2.44. The van der Waals surface area contributed by atoms with Crippen LogP contribution in [-0.2, 0) is 4.74 Å². The summed E-state index contributed by atoms with van der Waals surface area (Å²) in [6.45, 7) is 6.35. The van der Waals surface area contributed by atoms with Crippen molar-refractivity contribution in [1.29, 1.82) is 0 Å². The summed E-state index contributed by atoms with van der Waals surface area (Å²) >= 11 is 0. The summed E-state index contributed by atoms with van der Waals surface area (Å²) in [5, 5.41) is 0. The van der Waals surface area contributed by atoms with Gasteiger partial charge in [-0.3, -0.25) is 4.90 Å². The number of rotatable bonds is 2. The highest BCUT2D eigenvalue weighted by Gasteiger charge is 2.51. The third-order valence-electron chi connectivity index (χ3n) is 4.99. The van der Waals surface area contributed by atoms with Crippen LogP contribution in [-0.4, -0.2) is 22.6 Å². The van der Waals surface area contributed by atoms with E-state index in [0.717, 1.165) is 18.8 Å². The number of carbonyl (C=O) groups excluding carboxylic acids is 1. The summed E-state index contributed by atoms with van der Waals surface area (Å²) in [4.78, 5) is 14.5. The molecule has 3 rings (SSSR count). The molecule has 1 saturated carbocycles. The third kappa shape index (κ3) is 2.66. The Hall–Kier alpha value is -1.51. The van der Waals surface area contributed by atoms with E-state index in [9.17, 15) is 4.79 Å². The van der Waals surface area contributed by atoms with Crippen LogP contribution < -0.4 is 0 Å². The van der Waals surface area contributed by atoms with Crippen molar-refractivity contribution in [3.8, 4) is 0 Å². The van der Waals surface area contributed by atoms with Crippen molar-refractivity contribution in [1.82, 2.24) is 4.90 Å². The first kappa shape index (κ1) is 14.4. The van der Waals surface area contributed by atoms with Gasteiger partial charge in [-0.15, -0.1) is 0 Å². The Morgan fingerprint density at radius 3 is 2.33 bits per heavy atom. The molecule has 1 aromatic carbocycles. The first-order chi connectivity index (χ1) is 9.99. The van der Waals surface area contributed by atoms with Crippen molar-refractivity contribution >= 4 is 6.09 Å². The Kier molecular flexibility index (Phi) is 3.68. The number of hydrogen-bond acceptors (Lipinski definition) is 2. The molecule has 3 heteroatoms. The predicted octanol–water partition coefficient (Wildman–Crippen LogP) is 4.54. The van der Waals surface area contributed by atoms with Gasteiger partial charge in [0.15, 0.2) is 0 Å².